The first-order chi connectivity index (χ1) is 13.0. The molecule has 7 nitrogen and oxygen atoms in total. The van der Waals surface area contributed by atoms with E-state index in [4.69, 9.17) is 25.6 Å². The molecule has 1 aromatic heterocycles. The van der Waals surface area contributed by atoms with Crippen LogP contribution in [0.4, 0.5) is 5.82 Å². The zero-order valence-electron chi connectivity index (χ0n) is 15.5. The van der Waals surface area contributed by atoms with E-state index in [0.29, 0.717) is 41.9 Å². The number of rotatable bonds is 8. The average Bonchev–Trinajstić information content (AvgIpc) is 3.28. The van der Waals surface area contributed by atoms with Crippen LogP contribution < -0.4 is 10.6 Å². The highest BCUT2D eigenvalue weighted by Gasteiger charge is 2.32. The molecule has 0 aliphatic carbocycles. The van der Waals surface area contributed by atoms with Gasteiger partial charge in [0, 0.05) is 37.4 Å². The van der Waals surface area contributed by atoms with E-state index in [1.807, 2.05) is 6.92 Å². The van der Waals surface area contributed by atoms with Crippen molar-refractivity contribution < 1.29 is 18.8 Å². The van der Waals surface area contributed by atoms with Crippen LogP contribution in [0.1, 0.15) is 30.1 Å². The van der Waals surface area contributed by atoms with Gasteiger partial charge in [0.2, 0.25) is 0 Å². The van der Waals surface area contributed by atoms with Crippen LogP contribution in [-0.2, 0) is 9.47 Å². The van der Waals surface area contributed by atoms with Gasteiger partial charge in [0.05, 0.1) is 12.2 Å². The molecule has 1 amide bonds. The van der Waals surface area contributed by atoms with Crippen molar-refractivity contribution in [2.24, 2.45) is 0 Å². The zero-order chi connectivity index (χ0) is 19.3. The van der Waals surface area contributed by atoms with Gasteiger partial charge in [-0.3, -0.25) is 4.79 Å². The molecule has 2 aromatic rings. The number of hydrogen-bond donors (Lipinski definition) is 2. The van der Waals surface area contributed by atoms with E-state index < -0.39 is 0 Å². The topological polar surface area (TPSA) is 85.6 Å². The first-order valence-corrected chi connectivity index (χ1v) is 9.31. The van der Waals surface area contributed by atoms with Gasteiger partial charge in [0.25, 0.3) is 5.91 Å². The Morgan fingerprint density at radius 3 is 2.81 bits per heavy atom. The number of nitrogens with one attached hydrogen (secondary N) is 2. The largest absolute Gasteiger partial charge is 0.383 e. The molecule has 27 heavy (non-hydrogen) atoms. The molecule has 1 aliphatic heterocycles. The number of anilines is 1. The van der Waals surface area contributed by atoms with Crippen LogP contribution in [0.25, 0.3) is 11.3 Å². The van der Waals surface area contributed by atoms with E-state index in [-0.39, 0.29) is 11.5 Å². The van der Waals surface area contributed by atoms with Crippen molar-refractivity contribution in [3.63, 3.8) is 0 Å². The molecule has 1 aliphatic rings. The zero-order valence-corrected chi connectivity index (χ0v) is 16.3. The van der Waals surface area contributed by atoms with Crippen molar-refractivity contribution in [2.75, 3.05) is 38.7 Å². The Hall–Kier alpha value is -2.09. The van der Waals surface area contributed by atoms with Crippen molar-refractivity contribution in [3.05, 3.63) is 34.9 Å². The molecule has 2 heterocycles. The number of methoxy groups -OCH3 is 1. The van der Waals surface area contributed by atoms with Gasteiger partial charge < -0.3 is 24.6 Å². The van der Waals surface area contributed by atoms with Crippen LogP contribution in [0, 0.1) is 0 Å². The minimum Gasteiger partial charge on any atom is -0.383 e. The Kier molecular flexibility index (Phi) is 6.36. The summed E-state index contributed by atoms with van der Waals surface area (Å²) in [5, 5.41) is 10.7. The van der Waals surface area contributed by atoms with Crippen molar-refractivity contribution >= 4 is 23.3 Å². The summed E-state index contributed by atoms with van der Waals surface area (Å²) in [5.41, 5.74) is 0.742. The number of halogens is 1. The number of nitrogens with zero attached hydrogens (tertiary/aromatic N) is 1. The number of aromatic nitrogens is 1. The van der Waals surface area contributed by atoms with Gasteiger partial charge in [-0.25, -0.2) is 0 Å². The van der Waals surface area contributed by atoms with Crippen molar-refractivity contribution in [3.8, 4) is 11.3 Å². The van der Waals surface area contributed by atoms with Crippen LogP contribution in [0.15, 0.2) is 28.8 Å². The summed E-state index contributed by atoms with van der Waals surface area (Å²) in [5.74, 6) is 0.506. The Labute approximate surface area is 163 Å². The van der Waals surface area contributed by atoms with Crippen LogP contribution in [0.2, 0.25) is 5.02 Å². The molecule has 1 saturated heterocycles. The normalized spacial score (nSPS) is 19.2. The van der Waals surface area contributed by atoms with Gasteiger partial charge in [-0.2, -0.15) is 0 Å². The Morgan fingerprint density at radius 2 is 2.15 bits per heavy atom. The SMILES string of the molecule is COCCNc1noc(-c2ccc(Cl)cc2)c1C(=O)NCC1(C)CCCO1. The second-order valence-electron chi connectivity index (χ2n) is 6.75. The highest BCUT2D eigenvalue weighted by molar-refractivity contribution is 6.30. The van der Waals surface area contributed by atoms with Crippen molar-refractivity contribution in [2.45, 2.75) is 25.4 Å². The molecular formula is C19H24ClN3O4. The van der Waals surface area contributed by atoms with E-state index >= 15 is 0 Å². The molecule has 3 rings (SSSR count). The lowest BCUT2D eigenvalue weighted by Gasteiger charge is -2.23. The molecule has 2 N–H and O–H groups in total. The first-order valence-electron chi connectivity index (χ1n) is 8.93. The predicted octanol–water partition coefficient (Wildman–Crippen LogP) is 3.35. The second-order valence-corrected chi connectivity index (χ2v) is 7.18. The molecule has 0 radical (unpaired) electrons. The van der Waals surface area contributed by atoms with E-state index in [1.54, 1.807) is 31.4 Å². The summed E-state index contributed by atoms with van der Waals surface area (Å²) in [6.07, 6.45) is 1.92. The molecule has 8 heteroatoms. The fourth-order valence-electron chi connectivity index (χ4n) is 3.02. The van der Waals surface area contributed by atoms with Gasteiger partial charge in [0.15, 0.2) is 11.6 Å². The second kappa shape index (κ2) is 8.73. The maximum atomic E-state index is 13.0. The fourth-order valence-corrected chi connectivity index (χ4v) is 3.15. The molecule has 146 valence electrons. The summed E-state index contributed by atoms with van der Waals surface area (Å²) < 4.78 is 16.3. The predicted molar refractivity (Wildman–Crippen MR) is 103 cm³/mol. The first kappa shape index (κ1) is 19.7. The molecule has 1 aromatic carbocycles. The van der Waals surface area contributed by atoms with Crippen molar-refractivity contribution in [1.29, 1.82) is 0 Å². The number of benzene rings is 1. The van der Waals surface area contributed by atoms with Crippen LogP contribution in [-0.4, -0.2) is 50.1 Å². The lowest BCUT2D eigenvalue weighted by atomic mass is 10.0. The maximum absolute atomic E-state index is 13.0. The number of carbonyl (C=O) groups excluding carboxylic acids is 1. The summed E-state index contributed by atoms with van der Waals surface area (Å²) in [4.78, 5) is 13.0. The Bertz CT molecular complexity index is 770. The Morgan fingerprint density at radius 1 is 1.37 bits per heavy atom. The third-order valence-corrected chi connectivity index (χ3v) is 4.80. The number of ether oxygens (including phenoxy) is 2. The molecule has 0 spiro atoms. The molecule has 0 saturated carbocycles. The highest BCUT2D eigenvalue weighted by Crippen LogP contribution is 2.31. The summed E-state index contributed by atoms with van der Waals surface area (Å²) >= 11 is 5.96. The third-order valence-electron chi connectivity index (χ3n) is 4.55. The van der Waals surface area contributed by atoms with Crippen LogP contribution >= 0.6 is 11.6 Å². The quantitative estimate of drug-likeness (QED) is 0.669. The third kappa shape index (κ3) is 4.80. The molecule has 0 bridgehead atoms. The van der Waals surface area contributed by atoms with Gasteiger partial charge in [-0.1, -0.05) is 16.8 Å². The summed E-state index contributed by atoms with van der Waals surface area (Å²) in [6, 6.07) is 7.07. The van der Waals surface area contributed by atoms with Gasteiger partial charge in [0.1, 0.15) is 5.56 Å². The minimum absolute atomic E-state index is 0.266. The van der Waals surface area contributed by atoms with E-state index in [2.05, 4.69) is 15.8 Å². The molecule has 1 fully saturated rings. The monoisotopic (exact) mass is 393 g/mol. The van der Waals surface area contributed by atoms with Crippen LogP contribution in [0.5, 0.6) is 0 Å². The summed E-state index contributed by atoms with van der Waals surface area (Å²) in [6.45, 7) is 4.14. The summed E-state index contributed by atoms with van der Waals surface area (Å²) in [7, 11) is 1.61. The standard InChI is InChI=1S/C19H24ClN3O4/c1-19(8-3-10-26-19)12-22-18(24)15-16(13-4-6-14(20)7-5-13)27-23-17(15)21-9-11-25-2/h4-7H,3,8-12H2,1-2H3,(H,21,23)(H,22,24). The smallest absolute Gasteiger partial charge is 0.259 e. The molecular weight excluding hydrogens is 370 g/mol. The fraction of sp³-hybridized carbons (Fsp3) is 0.474. The number of amides is 1. The highest BCUT2D eigenvalue weighted by atomic mass is 35.5. The van der Waals surface area contributed by atoms with E-state index in [0.717, 1.165) is 25.0 Å². The van der Waals surface area contributed by atoms with E-state index in [1.165, 1.54) is 0 Å². The lowest BCUT2D eigenvalue weighted by molar-refractivity contribution is 0.0206. The van der Waals surface area contributed by atoms with Gasteiger partial charge in [-0.05, 0) is 44.0 Å². The maximum Gasteiger partial charge on any atom is 0.259 e. The minimum atomic E-state index is -0.336. The molecule has 1 unspecified atom stereocenters. The Balaban J connectivity index is 1.83. The number of hydrogen-bond acceptors (Lipinski definition) is 6. The molecule has 1 atom stereocenters. The van der Waals surface area contributed by atoms with Crippen LogP contribution in [0.3, 0.4) is 0 Å². The van der Waals surface area contributed by atoms with Gasteiger partial charge >= 0.3 is 0 Å². The average molecular weight is 394 g/mol. The van der Waals surface area contributed by atoms with Crippen molar-refractivity contribution in [1.82, 2.24) is 10.5 Å². The van der Waals surface area contributed by atoms with Gasteiger partial charge in [-0.15, -0.1) is 0 Å². The van der Waals surface area contributed by atoms with E-state index in [9.17, 15) is 4.79 Å². The lowest BCUT2D eigenvalue weighted by Crippen LogP contribution is -2.40. The number of carbonyl (C=O) groups is 1.